The molecule has 4 rings (SSSR count). The van der Waals surface area contributed by atoms with Gasteiger partial charge in [0.25, 0.3) is 5.91 Å². The minimum Gasteiger partial charge on any atom is -0.380 e. The molecule has 0 N–H and O–H groups in total. The Labute approximate surface area is 145 Å². The Kier molecular flexibility index (Phi) is 4.27. The van der Waals surface area contributed by atoms with Gasteiger partial charge in [0, 0.05) is 20.1 Å². The first-order chi connectivity index (χ1) is 12.2. The second-order valence-corrected chi connectivity index (χ2v) is 6.48. The first-order valence-corrected chi connectivity index (χ1v) is 8.50. The summed E-state index contributed by atoms with van der Waals surface area (Å²) in [5.41, 5.74) is 2.11. The average molecular weight is 343 g/mol. The zero-order valence-corrected chi connectivity index (χ0v) is 14.3. The maximum Gasteiger partial charge on any atom is 0.257 e. The van der Waals surface area contributed by atoms with Gasteiger partial charge in [0.2, 0.25) is 5.89 Å². The Hall–Kier alpha value is -2.25. The number of hydrogen-bond acceptors (Lipinski definition) is 6. The summed E-state index contributed by atoms with van der Waals surface area (Å²) in [5.74, 6) is 0.935. The number of likely N-dealkylation sites (tertiary alicyclic amines) is 1. The van der Waals surface area contributed by atoms with Crippen molar-refractivity contribution < 1.29 is 18.8 Å². The fraction of sp³-hybridized carbons (Fsp3) is 0.500. The van der Waals surface area contributed by atoms with Crippen LogP contribution in [0.15, 0.2) is 28.8 Å². The fourth-order valence-electron chi connectivity index (χ4n) is 3.64. The zero-order valence-electron chi connectivity index (χ0n) is 14.3. The summed E-state index contributed by atoms with van der Waals surface area (Å²) >= 11 is 0. The summed E-state index contributed by atoms with van der Waals surface area (Å²) < 4.78 is 16.6. The van der Waals surface area contributed by atoms with Gasteiger partial charge in [-0.2, -0.15) is 4.98 Å². The first-order valence-electron chi connectivity index (χ1n) is 8.50. The number of carbonyl (C=O) groups is 1. The molecule has 25 heavy (non-hydrogen) atoms. The van der Waals surface area contributed by atoms with E-state index in [1.54, 1.807) is 18.9 Å². The molecule has 1 aromatic heterocycles. The molecule has 0 aliphatic carbocycles. The number of amides is 1. The molecule has 2 aromatic rings. The summed E-state index contributed by atoms with van der Waals surface area (Å²) in [6, 6.07) is 7.67. The van der Waals surface area contributed by atoms with Crippen LogP contribution < -0.4 is 0 Å². The van der Waals surface area contributed by atoms with Crippen LogP contribution in [-0.4, -0.2) is 47.3 Å². The number of carbonyl (C=O) groups excluding carboxylic acids is 1. The van der Waals surface area contributed by atoms with E-state index in [0.29, 0.717) is 31.3 Å². The van der Waals surface area contributed by atoms with Gasteiger partial charge in [-0.15, -0.1) is 0 Å². The van der Waals surface area contributed by atoms with Crippen LogP contribution in [0.1, 0.15) is 41.4 Å². The lowest BCUT2D eigenvalue weighted by Crippen LogP contribution is -2.38. The number of nitrogens with zero attached hydrogens (tertiary/aromatic N) is 3. The number of rotatable bonds is 3. The van der Waals surface area contributed by atoms with E-state index >= 15 is 0 Å². The van der Waals surface area contributed by atoms with Crippen molar-refractivity contribution in [1.82, 2.24) is 15.0 Å². The van der Waals surface area contributed by atoms with E-state index in [1.807, 2.05) is 18.2 Å². The normalized spacial score (nSPS) is 25.8. The van der Waals surface area contributed by atoms with Crippen molar-refractivity contribution >= 4 is 5.91 Å². The van der Waals surface area contributed by atoms with Gasteiger partial charge in [-0.1, -0.05) is 29.4 Å². The van der Waals surface area contributed by atoms with Gasteiger partial charge in [-0.25, -0.2) is 0 Å². The molecule has 0 bridgehead atoms. The Bertz CT molecular complexity index is 775. The molecule has 0 radical (unpaired) electrons. The number of methoxy groups -OCH3 is 1. The number of aryl methyl sites for hydroxylation is 1. The highest BCUT2D eigenvalue weighted by Gasteiger charge is 2.43. The molecule has 2 aliphatic rings. The molecule has 1 amide bonds. The van der Waals surface area contributed by atoms with Gasteiger partial charge in [0.05, 0.1) is 12.7 Å². The molecular weight excluding hydrogens is 322 g/mol. The van der Waals surface area contributed by atoms with E-state index < -0.39 is 6.10 Å². The minimum absolute atomic E-state index is 0.0556. The molecule has 7 nitrogen and oxygen atoms in total. The van der Waals surface area contributed by atoms with Crippen LogP contribution in [0.5, 0.6) is 0 Å². The van der Waals surface area contributed by atoms with E-state index in [4.69, 9.17) is 14.0 Å². The van der Waals surface area contributed by atoms with Crippen molar-refractivity contribution in [1.29, 1.82) is 0 Å². The first kappa shape index (κ1) is 16.2. The van der Waals surface area contributed by atoms with E-state index in [-0.39, 0.29) is 18.1 Å². The maximum atomic E-state index is 13.3. The SMILES string of the molecule is CO[C@H]1C[C@H](c2nc(C)no2)N(C(=O)[C@H]2OCCc3ccccc32)C1. The van der Waals surface area contributed by atoms with Gasteiger partial charge in [0.15, 0.2) is 11.9 Å². The van der Waals surface area contributed by atoms with Crippen LogP contribution in [0.4, 0.5) is 0 Å². The van der Waals surface area contributed by atoms with Crippen molar-refractivity contribution in [3.63, 3.8) is 0 Å². The number of aromatic nitrogens is 2. The molecular formula is C18H21N3O4. The Morgan fingerprint density at radius 3 is 2.96 bits per heavy atom. The predicted octanol–water partition coefficient (Wildman–Crippen LogP) is 1.98. The molecule has 3 atom stereocenters. The monoisotopic (exact) mass is 343 g/mol. The second-order valence-electron chi connectivity index (χ2n) is 6.48. The highest BCUT2D eigenvalue weighted by Crippen LogP contribution is 2.37. The van der Waals surface area contributed by atoms with Crippen molar-refractivity contribution in [2.45, 2.75) is 38.0 Å². The highest BCUT2D eigenvalue weighted by molar-refractivity contribution is 5.83. The van der Waals surface area contributed by atoms with E-state index in [2.05, 4.69) is 16.2 Å². The standard InChI is InChI=1S/C18H21N3O4/c1-11-19-17(25-20-11)15-9-13(23-2)10-21(15)18(22)16-14-6-4-3-5-12(14)7-8-24-16/h3-6,13,15-16H,7-10H2,1-2H3/t13-,15+,16-/m0/s1. The van der Waals surface area contributed by atoms with Gasteiger partial charge in [-0.3, -0.25) is 4.79 Å². The number of hydrogen-bond donors (Lipinski definition) is 0. The number of ether oxygens (including phenoxy) is 2. The van der Waals surface area contributed by atoms with Gasteiger partial charge >= 0.3 is 0 Å². The van der Waals surface area contributed by atoms with Crippen LogP contribution in [0.25, 0.3) is 0 Å². The summed E-state index contributed by atoms with van der Waals surface area (Å²) in [6.07, 6.45) is 0.817. The van der Waals surface area contributed by atoms with Crippen molar-refractivity contribution in [3.05, 3.63) is 47.1 Å². The fourth-order valence-corrected chi connectivity index (χ4v) is 3.64. The van der Waals surface area contributed by atoms with E-state index in [1.165, 1.54) is 5.56 Å². The average Bonchev–Trinajstić information content (AvgIpc) is 3.26. The lowest BCUT2D eigenvalue weighted by molar-refractivity contribution is -0.147. The van der Waals surface area contributed by atoms with Gasteiger partial charge in [0.1, 0.15) is 6.04 Å². The molecule has 2 aliphatic heterocycles. The van der Waals surface area contributed by atoms with Crippen LogP contribution in [0.2, 0.25) is 0 Å². The molecule has 1 saturated heterocycles. The Morgan fingerprint density at radius 2 is 2.20 bits per heavy atom. The largest absolute Gasteiger partial charge is 0.380 e. The molecule has 0 spiro atoms. The molecule has 0 unspecified atom stereocenters. The number of fused-ring (bicyclic) bond motifs is 1. The predicted molar refractivity (Wildman–Crippen MR) is 87.7 cm³/mol. The highest BCUT2D eigenvalue weighted by atomic mass is 16.5. The van der Waals surface area contributed by atoms with Crippen LogP contribution in [0.3, 0.4) is 0 Å². The molecule has 1 aromatic carbocycles. The van der Waals surface area contributed by atoms with Gasteiger partial charge in [-0.05, 0) is 24.5 Å². The Balaban J connectivity index is 1.64. The van der Waals surface area contributed by atoms with Crippen LogP contribution >= 0.6 is 0 Å². The summed E-state index contributed by atoms with van der Waals surface area (Å²) in [5, 5.41) is 3.86. The second kappa shape index (κ2) is 6.57. The van der Waals surface area contributed by atoms with Crippen molar-refractivity contribution in [3.8, 4) is 0 Å². The quantitative estimate of drug-likeness (QED) is 0.848. The van der Waals surface area contributed by atoms with Crippen LogP contribution in [-0.2, 0) is 20.7 Å². The molecule has 0 saturated carbocycles. The molecule has 1 fully saturated rings. The lowest BCUT2D eigenvalue weighted by Gasteiger charge is -2.30. The topological polar surface area (TPSA) is 77.7 Å². The smallest absolute Gasteiger partial charge is 0.257 e. The summed E-state index contributed by atoms with van der Waals surface area (Å²) in [7, 11) is 1.65. The number of benzene rings is 1. The third-order valence-corrected chi connectivity index (χ3v) is 4.93. The van der Waals surface area contributed by atoms with Crippen LogP contribution in [0, 0.1) is 6.92 Å². The Morgan fingerprint density at radius 1 is 1.36 bits per heavy atom. The lowest BCUT2D eigenvalue weighted by atomic mass is 9.96. The maximum absolute atomic E-state index is 13.3. The zero-order chi connectivity index (χ0) is 17.4. The van der Waals surface area contributed by atoms with Crippen molar-refractivity contribution in [2.24, 2.45) is 0 Å². The molecule has 7 heteroatoms. The van der Waals surface area contributed by atoms with E-state index in [9.17, 15) is 4.79 Å². The molecule has 132 valence electrons. The summed E-state index contributed by atoms with van der Waals surface area (Å²) in [4.78, 5) is 19.3. The minimum atomic E-state index is -0.591. The third kappa shape index (κ3) is 2.94. The van der Waals surface area contributed by atoms with E-state index in [0.717, 1.165) is 12.0 Å². The van der Waals surface area contributed by atoms with Gasteiger partial charge < -0.3 is 18.9 Å². The molecule has 3 heterocycles. The van der Waals surface area contributed by atoms with Crippen molar-refractivity contribution in [2.75, 3.05) is 20.3 Å². The third-order valence-electron chi connectivity index (χ3n) is 4.93. The summed E-state index contributed by atoms with van der Waals surface area (Å²) in [6.45, 7) is 2.80.